The first-order chi connectivity index (χ1) is 20.4. The van der Waals surface area contributed by atoms with Gasteiger partial charge in [-0.3, -0.25) is 23.7 Å². The molecule has 2 aromatic rings. The van der Waals surface area contributed by atoms with Crippen molar-refractivity contribution in [1.29, 1.82) is 0 Å². The van der Waals surface area contributed by atoms with Crippen molar-refractivity contribution in [2.24, 2.45) is 5.41 Å². The van der Waals surface area contributed by atoms with Gasteiger partial charge in [-0.15, -0.1) is 0 Å². The Kier molecular flexibility index (Phi) is 8.34. The minimum absolute atomic E-state index is 0.0271. The van der Waals surface area contributed by atoms with E-state index in [1.165, 1.54) is 40.9 Å². The van der Waals surface area contributed by atoms with E-state index in [2.05, 4.69) is 15.2 Å². The highest BCUT2D eigenvalue weighted by Gasteiger charge is 2.54. The lowest BCUT2D eigenvalue weighted by Gasteiger charge is -2.47. The van der Waals surface area contributed by atoms with E-state index in [0.717, 1.165) is 32.5 Å². The van der Waals surface area contributed by atoms with Crippen LogP contribution in [0.1, 0.15) is 72.4 Å². The van der Waals surface area contributed by atoms with Crippen molar-refractivity contribution in [2.75, 3.05) is 40.8 Å². The average Bonchev–Trinajstić information content (AvgIpc) is 3.22. The van der Waals surface area contributed by atoms with Crippen LogP contribution in [0, 0.1) is 18.2 Å². The van der Waals surface area contributed by atoms with E-state index in [9.17, 15) is 28.7 Å². The monoisotopic (exact) mass is 596 g/mol. The predicted molar refractivity (Wildman–Crippen MR) is 157 cm³/mol. The fraction of sp³-hybridized carbons (Fsp3) is 0.581. The predicted octanol–water partition coefficient (Wildman–Crippen LogP) is 2.13. The molecule has 1 aromatic carbocycles. The molecule has 1 aromatic heterocycles. The van der Waals surface area contributed by atoms with Crippen LogP contribution in [0.4, 0.5) is 4.39 Å². The van der Waals surface area contributed by atoms with Crippen molar-refractivity contribution in [3.8, 4) is 5.75 Å². The zero-order valence-electron chi connectivity index (χ0n) is 25.4. The van der Waals surface area contributed by atoms with Crippen LogP contribution in [0.5, 0.6) is 5.75 Å². The first kappa shape index (κ1) is 30.7. The molecule has 2 N–H and O–H groups in total. The normalized spacial score (nSPS) is 23.3. The molecule has 1 saturated heterocycles. The second-order valence-corrected chi connectivity index (χ2v) is 12.7. The highest BCUT2D eigenvalue weighted by Crippen LogP contribution is 2.52. The first-order valence-electron chi connectivity index (χ1n) is 15.0. The molecular weight excluding hydrogens is 555 g/mol. The van der Waals surface area contributed by atoms with E-state index in [1.807, 2.05) is 0 Å². The molecular formula is C31H41FN6O5. The van der Waals surface area contributed by atoms with Gasteiger partial charge in [0.2, 0.25) is 5.75 Å². The summed E-state index contributed by atoms with van der Waals surface area (Å²) in [5.74, 6) is -3.13. The number of nitrogens with one attached hydrogen (secondary N) is 1. The number of likely N-dealkylation sites (tertiary alicyclic amines) is 1. The van der Waals surface area contributed by atoms with Gasteiger partial charge in [-0.05, 0) is 75.7 Å². The Hall–Kier alpha value is -3.80. The number of piperidine rings is 1. The third-order valence-electron chi connectivity index (χ3n) is 9.63. The maximum Gasteiger partial charge on any atom is 0.312 e. The van der Waals surface area contributed by atoms with Gasteiger partial charge in [0, 0.05) is 46.2 Å². The molecule has 1 saturated carbocycles. The van der Waals surface area contributed by atoms with Gasteiger partial charge < -0.3 is 25.1 Å². The number of carbonyl (C=O) groups excluding carboxylic acids is 3. The van der Waals surface area contributed by atoms with Crippen molar-refractivity contribution in [1.82, 2.24) is 29.6 Å². The van der Waals surface area contributed by atoms with E-state index in [-0.39, 0.29) is 23.6 Å². The number of fused-ring (bicyclic) bond motifs is 2. The van der Waals surface area contributed by atoms with Crippen LogP contribution in [-0.2, 0) is 28.2 Å². The van der Waals surface area contributed by atoms with Gasteiger partial charge in [0.25, 0.3) is 11.5 Å². The smallest absolute Gasteiger partial charge is 0.312 e. The van der Waals surface area contributed by atoms with E-state index < -0.39 is 40.3 Å². The lowest BCUT2D eigenvalue weighted by atomic mass is 9.67. The van der Waals surface area contributed by atoms with E-state index in [1.54, 1.807) is 26.1 Å². The number of amides is 3. The molecule has 11 nitrogen and oxygen atoms in total. The highest BCUT2D eigenvalue weighted by molar-refractivity contribution is 6.34. The van der Waals surface area contributed by atoms with Crippen LogP contribution in [0.25, 0.3) is 0 Å². The molecule has 0 spiro atoms. The van der Waals surface area contributed by atoms with Gasteiger partial charge in [-0.25, -0.2) is 9.37 Å². The van der Waals surface area contributed by atoms with E-state index >= 15 is 0 Å². The summed E-state index contributed by atoms with van der Waals surface area (Å²) < 4.78 is 15.1. The van der Waals surface area contributed by atoms with Crippen LogP contribution >= 0.6 is 0 Å². The van der Waals surface area contributed by atoms with Crippen LogP contribution in [-0.4, -0.2) is 87.9 Å². The molecule has 43 heavy (non-hydrogen) atoms. The van der Waals surface area contributed by atoms with Crippen LogP contribution < -0.4 is 10.9 Å². The summed E-state index contributed by atoms with van der Waals surface area (Å²) in [6.07, 6.45) is 5.73. The Morgan fingerprint density at radius 3 is 2.35 bits per heavy atom. The summed E-state index contributed by atoms with van der Waals surface area (Å²) in [7, 11) is 4.55. The van der Waals surface area contributed by atoms with Crippen molar-refractivity contribution in [3.63, 3.8) is 0 Å². The number of hydrogen-bond acceptors (Lipinski definition) is 7. The number of benzene rings is 1. The van der Waals surface area contributed by atoms with E-state index in [4.69, 9.17) is 0 Å². The number of hydrogen-bond donors (Lipinski definition) is 2. The molecule has 0 atom stereocenters. The van der Waals surface area contributed by atoms with Crippen molar-refractivity contribution in [3.05, 3.63) is 57.0 Å². The van der Waals surface area contributed by atoms with Gasteiger partial charge in [0.05, 0.1) is 0 Å². The molecule has 232 valence electrons. The molecule has 6 rings (SSSR count). The van der Waals surface area contributed by atoms with Crippen LogP contribution in [0.15, 0.2) is 23.0 Å². The Morgan fingerprint density at radius 2 is 1.72 bits per heavy atom. The minimum atomic E-state index is -1.12. The third-order valence-corrected chi connectivity index (χ3v) is 9.63. The molecule has 3 aliphatic heterocycles. The highest BCUT2D eigenvalue weighted by atomic mass is 19.1. The number of carbonyl (C=O) groups is 3. The summed E-state index contributed by atoms with van der Waals surface area (Å²) in [4.78, 5) is 63.0. The van der Waals surface area contributed by atoms with Gasteiger partial charge >= 0.3 is 11.8 Å². The standard InChI is InChI=1S/C31H41FN6O5/c1-20-16-21(8-9-22(20)32)17-33-25(40)23-24(39)26(41)38-19-30(18-37-14-6-5-7-15-37)10-12-31(13-11-30,29(38)34-23)36(4)28(43)27(42)35(2)3/h8-9,16,39H,5-7,10-15,17-19H2,1-4H3,(H,33,40). The SMILES string of the molecule is Cc1cc(CNC(=O)c2nc3n(c(=O)c2O)CC2(CN4CCCCC4)CCC3(N(C)C(=O)C(=O)N(C)C)CC2)ccc1F. The number of likely N-dealkylation sites (N-methyl/N-ethyl adjacent to an activating group) is 2. The lowest BCUT2D eigenvalue weighted by Crippen LogP contribution is -2.55. The largest absolute Gasteiger partial charge is 0.501 e. The first-order valence-corrected chi connectivity index (χ1v) is 15.0. The maximum absolute atomic E-state index is 13.8. The number of aromatic hydroxyl groups is 1. The maximum atomic E-state index is 13.8. The topological polar surface area (TPSA) is 128 Å². The van der Waals surface area contributed by atoms with Crippen LogP contribution in [0.3, 0.4) is 0 Å². The Labute approximate surface area is 250 Å². The molecule has 4 aliphatic rings. The summed E-state index contributed by atoms with van der Waals surface area (Å²) in [5, 5.41) is 13.7. The zero-order valence-corrected chi connectivity index (χ0v) is 25.4. The minimum Gasteiger partial charge on any atom is -0.501 e. The summed E-state index contributed by atoms with van der Waals surface area (Å²) >= 11 is 0. The molecule has 1 aliphatic carbocycles. The number of halogens is 1. The fourth-order valence-electron chi connectivity index (χ4n) is 7.01. The van der Waals surface area contributed by atoms with Gasteiger partial charge in [0.1, 0.15) is 17.2 Å². The number of rotatable bonds is 6. The average molecular weight is 597 g/mol. The van der Waals surface area contributed by atoms with Crippen LogP contribution in [0.2, 0.25) is 0 Å². The number of nitrogens with zero attached hydrogens (tertiary/aromatic N) is 5. The molecule has 3 amide bonds. The third kappa shape index (κ3) is 5.64. The second-order valence-electron chi connectivity index (χ2n) is 12.7. The number of aromatic nitrogens is 2. The van der Waals surface area contributed by atoms with Crippen molar-refractivity contribution in [2.45, 2.75) is 70.5 Å². The zero-order chi connectivity index (χ0) is 31.1. The van der Waals surface area contributed by atoms with Crippen molar-refractivity contribution >= 4 is 17.7 Å². The quantitative estimate of drug-likeness (QED) is 0.489. The second kappa shape index (κ2) is 11.7. The summed E-state index contributed by atoms with van der Waals surface area (Å²) in [6.45, 7) is 4.69. The Morgan fingerprint density at radius 1 is 1.05 bits per heavy atom. The Balaban J connectivity index is 1.55. The number of aryl methyl sites for hydroxylation is 1. The Bertz CT molecular complexity index is 1490. The molecule has 4 heterocycles. The molecule has 0 radical (unpaired) electrons. The van der Waals surface area contributed by atoms with Crippen molar-refractivity contribution < 1.29 is 23.9 Å². The molecule has 2 fully saturated rings. The lowest BCUT2D eigenvalue weighted by molar-refractivity contribution is -0.155. The fourth-order valence-corrected chi connectivity index (χ4v) is 7.01. The van der Waals surface area contributed by atoms with Gasteiger partial charge in [-0.1, -0.05) is 18.6 Å². The van der Waals surface area contributed by atoms with Gasteiger partial charge in [0.15, 0.2) is 5.69 Å². The molecule has 0 unspecified atom stereocenters. The molecule has 2 bridgehead atoms. The van der Waals surface area contributed by atoms with E-state index in [0.29, 0.717) is 43.4 Å². The summed E-state index contributed by atoms with van der Waals surface area (Å²) in [5.41, 5.74) is -1.54. The summed E-state index contributed by atoms with van der Waals surface area (Å²) in [6, 6.07) is 4.45. The molecule has 12 heteroatoms. The van der Waals surface area contributed by atoms with Gasteiger partial charge in [-0.2, -0.15) is 0 Å².